The summed E-state index contributed by atoms with van der Waals surface area (Å²) in [5, 5.41) is 10.3. The van der Waals surface area contributed by atoms with Crippen molar-refractivity contribution >= 4 is 28.4 Å². The maximum atomic E-state index is 10.3. The van der Waals surface area contributed by atoms with Crippen LogP contribution in [0.1, 0.15) is 26.7 Å². The van der Waals surface area contributed by atoms with Crippen LogP contribution in [0.4, 0.5) is 5.82 Å². The molecule has 1 saturated carbocycles. The van der Waals surface area contributed by atoms with Gasteiger partial charge in [0.1, 0.15) is 5.82 Å². The summed E-state index contributed by atoms with van der Waals surface area (Å²) in [5.74, 6) is 1.06. The van der Waals surface area contributed by atoms with E-state index in [1.54, 1.807) is 0 Å². The highest BCUT2D eigenvalue weighted by Gasteiger charge is 2.61. The SMILES string of the molecule is CC(C)(O)C12CC(C1)N(c1cc(I)ccn1)C2. The van der Waals surface area contributed by atoms with E-state index in [0.29, 0.717) is 6.04 Å². The van der Waals surface area contributed by atoms with Gasteiger partial charge in [-0.25, -0.2) is 4.98 Å². The molecule has 3 fully saturated rings. The van der Waals surface area contributed by atoms with Gasteiger partial charge in [0.05, 0.1) is 5.60 Å². The van der Waals surface area contributed by atoms with Gasteiger partial charge in [-0.05, 0) is 61.4 Å². The smallest absolute Gasteiger partial charge is 0.129 e. The second kappa shape index (κ2) is 3.57. The van der Waals surface area contributed by atoms with Crippen LogP contribution in [0.5, 0.6) is 0 Å². The number of nitrogens with zero attached hydrogens (tertiary/aromatic N) is 2. The fourth-order valence-electron chi connectivity index (χ4n) is 3.16. The molecule has 2 aliphatic heterocycles. The van der Waals surface area contributed by atoms with Crippen LogP contribution in [0.2, 0.25) is 0 Å². The van der Waals surface area contributed by atoms with Crippen molar-refractivity contribution < 1.29 is 5.11 Å². The van der Waals surface area contributed by atoms with Gasteiger partial charge >= 0.3 is 0 Å². The van der Waals surface area contributed by atoms with Crippen molar-refractivity contribution in [1.82, 2.24) is 4.98 Å². The summed E-state index contributed by atoms with van der Waals surface area (Å²) >= 11 is 2.32. The first kappa shape index (κ1) is 11.7. The summed E-state index contributed by atoms with van der Waals surface area (Å²) in [6, 6.07) is 4.71. The van der Waals surface area contributed by atoms with E-state index in [-0.39, 0.29) is 5.41 Å². The van der Waals surface area contributed by atoms with Crippen molar-refractivity contribution in [3.05, 3.63) is 21.9 Å². The van der Waals surface area contributed by atoms with Gasteiger partial charge < -0.3 is 10.0 Å². The minimum Gasteiger partial charge on any atom is -0.390 e. The molecule has 2 saturated heterocycles. The second-order valence-corrected chi connectivity index (χ2v) is 7.11. The van der Waals surface area contributed by atoms with Crippen LogP contribution in [0.3, 0.4) is 0 Å². The topological polar surface area (TPSA) is 36.4 Å². The third-order valence-corrected chi connectivity index (χ3v) is 5.14. The molecule has 0 aromatic carbocycles. The predicted molar refractivity (Wildman–Crippen MR) is 76.1 cm³/mol. The molecule has 1 aliphatic carbocycles. The molecule has 0 amide bonds. The summed E-state index contributed by atoms with van der Waals surface area (Å²) in [5.41, 5.74) is -0.499. The molecule has 0 radical (unpaired) electrons. The fourth-order valence-corrected chi connectivity index (χ4v) is 3.60. The average molecular weight is 344 g/mol. The molecule has 0 spiro atoms. The lowest BCUT2D eigenvalue weighted by Crippen LogP contribution is -2.50. The summed E-state index contributed by atoms with van der Waals surface area (Å²) in [6.45, 7) is 4.82. The molecule has 3 nitrogen and oxygen atoms in total. The van der Waals surface area contributed by atoms with Crippen molar-refractivity contribution in [2.24, 2.45) is 5.41 Å². The molecule has 4 heteroatoms. The quantitative estimate of drug-likeness (QED) is 0.838. The van der Waals surface area contributed by atoms with Crippen molar-refractivity contribution in [1.29, 1.82) is 0 Å². The monoisotopic (exact) mass is 344 g/mol. The van der Waals surface area contributed by atoms with Gasteiger partial charge in [-0.1, -0.05) is 0 Å². The zero-order valence-electron chi connectivity index (χ0n) is 10.2. The van der Waals surface area contributed by atoms with E-state index in [9.17, 15) is 5.11 Å². The highest BCUT2D eigenvalue weighted by molar-refractivity contribution is 14.1. The van der Waals surface area contributed by atoms with Gasteiger partial charge in [-0.2, -0.15) is 0 Å². The first-order chi connectivity index (χ1) is 7.91. The largest absolute Gasteiger partial charge is 0.390 e. The standard InChI is InChI=1S/C13H17IN2O/c1-12(2,17)13-6-10(7-13)16(8-13)11-5-9(14)3-4-15-11/h3-5,10,17H,6-8H2,1-2H3. The minimum atomic E-state index is -0.583. The number of rotatable bonds is 2. The normalized spacial score (nSPS) is 31.5. The molecule has 2 bridgehead atoms. The number of halogens is 1. The summed E-state index contributed by atoms with van der Waals surface area (Å²) in [7, 11) is 0. The first-order valence-electron chi connectivity index (χ1n) is 6.02. The molecule has 1 N–H and O–H groups in total. The maximum absolute atomic E-state index is 10.3. The number of anilines is 1. The van der Waals surface area contributed by atoms with Crippen molar-refractivity contribution in [3.63, 3.8) is 0 Å². The zero-order valence-corrected chi connectivity index (χ0v) is 12.3. The highest BCUT2D eigenvalue weighted by atomic mass is 127. The Morgan fingerprint density at radius 3 is 2.76 bits per heavy atom. The van der Waals surface area contributed by atoms with E-state index in [1.165, 1.54) is 3.57 Å². The molecule has 0 unspecified atom stereocenters. The Labute approximate surface area is 115 Å². The maximum Gasteiger partial charge on any atom is 0.129 e. The van der Waals surface area contributed by atoms with Crippen LogP contribution in [0, 0.1) is 8.99 Å². The Morgan fingerprint density at radius 2 is 2.24 bits per heavy atom. The van der Waals surface area contributed by atoms with Crippen LogP contribution in [-0.4, -0.2) is 28.3 Å². The third kappa shape index (κ3) is 1.68. The van der Waals surface area contributed by atoms with Crippen LogP contribution in [-0.2, 0) is 0 Å². The molecule has 92 valence electrons. The predicted octanol–water partition coefficient (Wildman–Crippen LogP) is 2.43. The Bertz CT molecular complexity index is 449. The Morgan fingerprint density at radius 1 is 1.53 bits per heavy atom. The molecule has 4 rings (SSSR count). The van der Waals surface area contributed by atoms with Crippen molar-refractivity contribution in [3.8, 4) is 0 Å². The Kier molecular flexibility index (Phi) is 2.46. The Balaban J connectivity index is 1.86. The first-order valence-corrected chi connectivity index (χ1v) is 7.10. The van der Waals surface area contributed by atoms with E-state index in [1.807, 2.05) is 26.1 Å². The van der Waals surface area contributed by atoms with Gasteiger partial charge in [-0.3, -0.25) is 0 Å². The zero-order chi connectivity index (χ0) is 12.3. The van der Waals surface area contributed by atoms with Gasteiger partial charge in [0.25, 0.3) is 0 Å². The number of pyridine rings is 1. The number of hydrogen-bond acceptors (Lipinski definition) is 3. The summed E-state index contributed by atoms with van der Waals surface area (Å²) < 4.78 is 1.22. The number of aromatic nitrogens is 1. The lowest BCUT2D eigenvalue weighted by Gasteiger charge is -2.45. The van der Waals surface area contributed by atoms with Crippen molar-refractivity contribution in [2.45, 2.75) is 38.3 Å². The van der Waals surface area contributed by atoms with Crippen LogP contribution in [0.25, 0.3) is 0 Å². The van der Waals surface area contributed by atoms with Crippen molar-refractivity contribution in [2.75, 3.05) is 11.4 Å². The van der Waals surface area contributed by atoms with E-state index < -0.39 is 5.60 Å². The molecular weight excluding hydrogens is 327 g/mol. The summed E-state index contributed by atoms with van der Waals surface area (Å²) in [4.78, 5) is 6.81. The van der Waals surface area contributed by atoms with Crippen LogP contribution in [0.15, 0.2) is 18.3 Å². The van der Waals surface area contributed by atoms with E-state index in [4.69, 9.17) is 0 Å². The number of hydrogen-bond donors (Lipinski definition) is 1. The van der Waals surface area contributed by atoms with Crippen LogP contribution < -0.4 is 4.90 Å². The van der Waals surface area contributed by atoms with Gasteiger partial charge in [0, 0.05) is 27.8 Å². The highest BCUT2D eigenvalue weighted by Crippen LogP contribution is 2.58. The van der Waals surface area contributed by atoms with E-state index in [0.717, 1.165) is 25.2 Å². The minimum absolute atomic E-state index is 0.0840. The number of aliphatic hydroxyl groups is 1. The van der Waals surface area contributed by atoms with E-state index in [2.05, 4.69) is 38.5 Å². The second-order valence-electron chi connectivity index (χ2n) is 5.86. The molecule has 1 aromatic rings. The fraction of sp³-hybridized carbons (Fsp3) is 0.615. The molecule has 3 aliphatic rings. The summed E-state index contributed by atoms with van der Waals surface area (Å²) in [6.07, 6.45) is 4.07. The lowest BCUT2D eigenvalue weighted by molar-refractivity contribution is -0.0754. The molecular formula is C13H17IN2O. The van der Waals surface area contributed by atoms with Gasteiger partial charge in [0.2, 0.25) is 0 Å². The van der Waals surface area contributed by atoms with Crippen LogP contribution >= 0.6 is 22.6 Å². The molecule has 1 aromatic heterocycles. The molecule has 17 heavy (non-hydrogen) atoms. The van der Waals surface area contributed by atoms with Gasteiger partial charge in [0.15, 0.2) is 0 Å². The van der Waals surface area contributed by atoms with E-state index >= 15 is 0 Å². The van der Waals surface area contributed by atoms with Gasteiger partial charge in [-0.15, -0.1) is 0 Å². The number of fused-ring (bicyclic) bond motifs is 1. The molecule has 0 atom stereocenters. The lowest BCUT2D eigenvalue weighted by atomic mass is 9.61. The third-order valence-electron chi connectivity index (χ3n) is 4.47. The Hall–Kier alpha value is -0.360. The molecule has 3 heterocycles. The average Bonchev–Trinajstić information content (AvgIpc) is 2.70.